The smallest absolute Gasteiger partial charge is 0.219 e. The molecule has 0 aliphatic heterocycles. The first-order valence-corrected chi connectivity index (χ1v) is 7.18. The number of rotatable bonds is 5. The number of hydrogen-bond donors (Lipinski definition) is 1. The molecule has 106 valence electrons. The van der Waals surface area contributed by atoms with Gasteiger partial charge in [-0.2, -0.15) is 0 Å². The predicted octanol–water partition coefficient (Wildman–Crippen LogP) is 4.14. The third-order valence-electron chi connectivity index (χ3n) is 3.28. The summed E-state index contributed by atoms with van der Waals surface area (Å²) >= 11 is 0. The maximum absolute atomic E-state index is 5.87. The van der Waals surface area contributed by atoms with Crippen LogP contribution in [0.15, 0.2) is 60.7 Å². The minimum Gasteiger partial charge on any atom is -0.439 e. The van der Waals surface area contributed by atoms with Crippen LogP contribution in [0.25, 0.3) is 10.8 Å². The van der Waals surface area contributed by atoms with Crippen LogP contribution in [0, 0.1) is 0 Å². The van der Waals surface area contributed by atoms with Crippen molar-refractivity contribution in [1.29, 1.82) is 0 Å². The lowest BCUT2D eigenvalue weighted by atomic mass is 10.1. The van der Waals surface area contributed by atoms with Crippen molar-refractivity contribution < 1.29 is 4.74 Å². The van der Waals surface area contributed by atoms with Crippen molar-refractivity contribution in [3.05, 3.63) is 66.4 Å². The molecule has 3 heteroatoms. The third kappa shape index (κ3) is 3.38. The molecule has 0 bridgehead atoms. The molecule has 0 fully saturated rings. The van der Waals surface area contributed by atoms with E-state index in [1.165, 1.54) is 10.8 Å². The van der Waals surface area contributed by atoms with E-state index in [1.54, 1.807) is 0 Å². The molecule has 3 aromatic rings. The van der Waals surface area contributed by atoms with Crippen molar-refractivity contribution in [1.82, 2.24) is 10.3 Å². The Morgan fingerprint density at radius 3 is 2.67 bits per heavy atom. The number of nitrogens with zero attached hydrogens (tertiary/aromatic N) is 1. The molecule has 0 atom stereocenters. The lowest BCUT2D eigenvalue weighted by molar-refractivity contribution is 0.460. The molecular weight excluding hydrogens is 260 g/mol. The van der Waals surface area contributed by atoms with Gasteiger partial charge in [-0.25, -0.2) is 4.98 Å². The van der Waals surface area contributed by atoms with E-state index in [9.17, 15) is 0 Å². The summed E-state index contributed by atoms with van der Waals surface area (Å²) in [5.41, 5.74) is 0.982. The Morgan fingerprint density at radius 2 is 1.81 bits per heavy atom. The Balaban J connectivity index is 1.81. The number of benzene rings is 2. The molecule has 1 heterocycles. The molecule has 3 rings (SSSR count). The monoisotopic (exact) mass is 278 g/mol. The van der Waals surface area contributed by atoms with E-state index in [-0.39, 0.29) is 0 Å². The molecule has 0 spiro atoms. The molecule has 0 saturated heterocycles. The second-order valence-corrected chi connectivity index (χ2v) is 4.86. The lowest BCUT2D eigenvalue weighted by Gasteiger charge is -2.08. The van der Waals surface area contributed by atoms with Crippen LogP contribution in [0.3, 0.4) is 0 Å². The van der Waals surface area contributed by atoms with Gasteiger partial charge < -0.3 is 10.1 Å². The highest BCUT2D eigenvalue weighted by atomic mass is 16.5. The zero-order valence-corrected chi connectivity index (χ0v) is 12.0. The van der Waals surface area contributed by atoms with Crippen LogP contribution in [-0.4, -0.2) is 11.5 Å². The first-order chi connectivity index (χ1) is 10.3. The minimum absolute atomic E-state index is 0.626. The van der Waals surface area contributed by atoms with E-state index >= 15 is 0 Å². The molecule has 0 saturated carbocycles. The van der Waals surface area contributed by atoms with Gasteiger partial charge in [-0.3, -0.25) is 0 Å². The van der Waals surface area contributed by atoms with Gasteiger partial charge >= 0.3 is 0 Å². The van der Waals surface area contributed by atoms with E-state index in [2.05, 4.69) is 35.4 Å². The van der Waals surface area contributed by atoms with Gasteiger partial charge in [0.1, 0.15) is 5.75 Å². The van der Waals surface area contributed by atoms with Gasteiger partial charge in [0.25, 0.3) is 0 Å². The number of ether oxygens (including phenoxy) is 1. The fraction of sp³-hybridized carbons (Fsp3) is 0.167. The molecule has 21 heavy (non-hydrogen) atoms. The van der Waals surface area contributed by atoms with Gasteiger partial charge in [0, 0.05) is 12.6 Å². The molecule has 3 nitrogen and oxygen atoms in total. The van der Waals surface area contributed by atoms with E-state index in [1.807, 2.05) is 42.5 Å². The number of nitrogens with one attached hydrogen (secondary N) is 1. The van der Waals surface area contributed by atoms with Crippen LogP contribution in [0.2, 0.25) is 0 Å². The van der Waals surface area contributed by atoms with Gasteiger partial charge in [-0.15, -0.1) is 0 Å². The van der Waals surface area contributed by atoms with Crippen LogP contribution >= 0.6 is 0 Å². The van der Waals surface area contributed by atoms with Crippen molar-refractivity contribution in [2.45, 2.75) is 13.5 Å². The van der Waals surface area contributed by atoms with E-state index in [4.69, 9.17) is 4.74 Å². The van der Waals surface area contributed by atoms with Gasteiger partial charge in [0.15, 0.2) is 0 Å². The summed E-state index contributed by atoms with van der Waals surface area (Å²) in [5.74, 6) is 1.43. The molecule has 1 N–H and O–H groups in total. The standard InChI is InChI=1S/C18H18N2O/c1-2-19-13-16-8-5-9-18(20-16)21-17-11-10-14-6-3-4-7-15(14)12-17/h3-12,19H,2,13H2,1H3. The first kappa shape index (κ1) is 13.6. The molecule has 1 aromatic heterocycles. The Morgan fingerprint density at radius 1 is 0.952 bits per heavy atom. The zero-order chi connectivity index (χ0) is 14.5. The fourth-order valence-corrected chi connectivity index (χ4v) is 2.22. The summed E-state index contributed by atoms with van der Waals surface area (Å²) in [6.45, 7) is 3.76. The quantitative estimate of drug-likeness (QED) is 0.761. The predicted molar refractivity (Wildman–Crippen MR) is 85.6 cm³/mol. The molecule has 0 amide bonds. The lowest BCUT2D eigenvalue weighted by Crippen LogP contribution is -2.12. The van der Waals surface area contributed by atoms with Gasteiger partial charge in [-0.1, -0.05) is 43.3 Å². The number of pyridine rings is 1. The van der Waals surface area contributed by atoms with Crippen LogP contribution in [0.1, 0.15) is 12.6 Å². The van der Waals surface area contributed by atoms with Crippen molar-refractivity contribution in [2.24, 2.45) is 0 Å². The van der Waals surface area contributed by atoms with Crippen molar-refractivity contribution in [3.63, 3.8) is 0 Å². The van der Waals surface area contributed by atoms with E-state index in [0.717, 1.165) is 24.5 Å². The first-order valence-electron chi connectivity index (χ1n) is 7.18. The minimum atomic E-state index is 0.626. The summed E-state index contributed by atoms with van der Waals surface area (Å²) in [7, 11) is 0. The molecule has 0 aliphatic rings. The van der Waals surface area contributed by atoms with Gasteiger partial charge in [-0.05, 0) is 35.5 Å². The Hall–Kier alpha value is -2.39. The number of hydrogen-bond acceptors (Lipinski definition) is 3. The van der Waals surface area contributed by atoms with Crippen molar-refractivity contribution in [3.8, 4) is 11.6 Å². The average molecular weight is 278 g/mol. The van der Waals surface area contributed by atoms with Crippen LogP contribution in [0.5, 0.6) is 11.6 Å². The average Bonchev–Trinajstić information content (AvgIpc) is 2.53. The highest BCUT2D eigenvalue weighted by Crippen LogP contribution is 2.24. The van der Waals surface area contributed by atoms with Crippen LogP contribution in [-0.2, 0) is 6.54 Å². The normalized spacial score (nSPS) is 10.7. The third-order valence-corrected chi connectivity index (χ3v) is 3.28. The van der Waals surface area contributed by atoms with E-state index < -0.39 is 0 Å². The summed E-state index contributed by atoms with van der Waals surface area (Å²) in [5, 5.41) is 5.63. The topological polar surface area (TPSA) is 34.1 Å². The van der Waals surface area contributed by atoms with Crippen molar-refractivity contribution >= 4 is 10.8 Å². The number of aromatic nitrogens is 1. The molecule has 0 aliphatic carbocycles. The molecule has 0 radical (unpaired) electrons. The SMILES string of the molecule is CCNCc1cccc(Oc2ccc3ccccc3c2)n1. The zero-order valence-electron chi connectivity index (χ0n) is 12.0. The number of fused-ring (bicyclic) bond motifs is 1. The largest absolute Gasteiger partial charge is 0.439 e. The second kappa shape index (κ2) is 6.37. The highest BCUT2D eigenvalue weighted by molar-refractivity contribution is 5.83. The van der Waals surface area contributed by atoms with Crippen LogP contribution in [0.4, 0.5) is 0 Å². The summed E-state index contributed by atoms with van der Waals surface area (Å²) in [6, 6.07) is 20.2. The maximum Gasteiger partial charge on any atom is 0.219 e. The molecular formula is C18H18N2O. The molecule has 2 aromatic carbocycles. The van der Waals surface area contributed by atoms with Gasteiger partial charge in [0.2, 0.25) is 5.88 Å². The Kier molecular flexibility index (Phi) is 4.12. The fourth-order valence-electron chi connectivity index (χ4n) is 2.22. The second-order valence-electron chi connectivity index (χ2n) is 4.86. The summed E-state index contributed by atoms with van der Waals surface area (Å²) in [6.07, 6.45) is 0. The van der Waals surface area contributed by atoms with Crippen LogP contribution < -0.4 is 10.1 Å². The maximum atomic E-state index is 5.87. The van der Waals surface area contributed by atoms with Crippen molar-refractivity contribution in [2.75, 3.05) is 6.54 Å². The molecule has 0 unspecified atom stereocenters. The summed E-state index contributed by atoms with van der Waals surface area (Å²) < 4.78 is 5.87. The highest BCUT2D eigenvalue weighted by Gasteiger charge is 2.02. The van der Waals surface area contributed by atoms with E-state index in [0.29, 0.717) is 5.88 Å². The Labute approximate surface area is 124 Å². The van der Waals surface area contributed by atoms with Gasteiger partial charge in [0.05, 0.1) is 5.69 Å². The Bertz CT molecular complexity index is 740. The summed E-state index contributed by atoms with van der Waals surface area (Å²) in [4.78, 5) is 4.50.